The predicted octanol–water partition coefficient (Wildman–Crippen LogP) is 7.12. The number of anilines is 3. The first-order chi connectivity index (χ1) is 12.7. The molecule has 128 valence electrons. The van der Waals surface area contributed by atoms with Gasteiger partial charge in [-0.3, -0.25) is 0 Å². The van der Waals surface area contributed by atoms with Crippen LogP contribution in [0.1, 0.15) is 23.1 Å². The maximum absolute atomic E-state index is 2.31. The van der Waals surface area contributed by atoms with Crippen LogP contribution in [-0.4, -0.2) is 0 Å². The Morgan fingerprint density at radius 2 is 1.08 bits per heavy atom. The zero-order valence-electron chi connectivity index (χ0n) is 15.3. The molecule has 0 heterocycles. The van der Waals surface area contributed by atoms with Crippen molar-refractivity contribution < 1.29 is 0 Å². The number of allylic oxidation sites excluding steroid dienone is 4. The number of aryl methyl sites for hydroxylation is 2. The smallest absolute Gasteiger partial charge is 0.0462 e. The quantitative estimate of drug-likeness (QED) is 0.490. The van der Waals surface area contributed by atoms with E-state index in [0.29, 0.717) is 0 Å². The highest BCUT2D eigenvalue weighted by Gasteiger charge is 2.13. The summed E-state index contributed by atoms with van der Waals surface area (Å²) in [5.41, 5.74) is 8.75. The number of benzene rings is 3. The molecule has 1 aliphatic carbocycles. The molecule has 3 aromatic rings. The van der Waals surface area contributed by atoms with Gasteiger partial charge in [0.1, 0.15) is 0 Å². The van der Waals surface area contributed by atoms with Gasteiger partial charge in [0.2, 0.25) is 0 Å². The molecule has 1 nitrogen and oxygen atoms in total. The molecule has 0 fully saturated rings. The average Bonchev–Trinajstić information content (AvgIpc) is 3.20. The van der Waals surface area contributed by atoms with E-state index in [2.05, 4.69) is 110 Å². The van der Waals surface area contributed by atoms with Gasteiger partial charge >= 0.3 is 0 Å². The zero-order valence-corrected chi connectivity index (χ0v) is 15.3. The standard InChI is InChI=1S/C25H23N/c1-19-7-13-23(14-8-19)26(24-15-9-20(2)10-16-24)25-17-11-22(12-18-25)21-5-3-4-6-21/h3-5,7-18H,6H2,1-2H3. The Hall–Kier alpha value is -3.06. The van der Waals surface area contributed by atoms with Gasteiger partial charge in [0, 0.05) is 17.1 Å². The molecule has 0 atom stereocenters. The van der Waals surface area contributed by atoms with Crippen LogP contribution in [0.3, 0.4) is 0 Å². The molecule has 4 rings (SSSR count). The minimum atomic E-state index is 1.03. The lowest BCUT2D eigenvalue weighted by Crippen LogP contribution is -2.09. The van der Waals surface area contributed by atoms with Crippen LogP contribution in [0.25, 0.3) is 5.57 Å². The Labute approximate surface area is 155 Å². The van der Waals surface area contributed by atoms with Crippen molar-refractivity contribution in [2.24, 2.45) is 0 Å². The highest BCUT2D eigenvalue weighted by molar-refractivity contribution is 5.78. The molecule has 1 aliphatic rings. The Morgan fingerprint density at radius 3 is 1.50 bits per heavy atom. The fraction of sp³-hybridized carbons (Fsp3) is 0.120. The molecule has 0 spiro atoms. The highest BCUT2D eigenvalue weighted by atomic mass is 15.1. The van der Waals surface area contributed by atoms with E-state index in [4.69, 9.17) is 0 Å². The first kappa shape index (κ1) is 16.4. The van der Waals surface area contributed by atoms with Gasteiger partial charge in [0.15, 0.2) is 0 Å². The SMILES string of the molecule is Cc1ccc(N(c2ccc(C)cc2)c2ccc(C3=CC=CC3)cc2)cc1. The summed E-state index contributed by atoms with van der Waals surface area (Å²) in [6, 6.07) is 26.3. The molecule has 0 N–H and O–H groups in total. The summed E-state index contributed by atoms with van der Waals surface area (Å²) in [6.45, 7) is 4.25. The van der Waals surface area contributed by atoms with E-state index in [0.717, 1.165) is 6.42 Å². The van der Waals surface area contributed by atoms with E-state index in [1.807, 2.05) is 0 Å². The van der Waals surface area contributed by atoms with E-state index in [9.17, 15) is 0 Å². The van der Waals surface area contributed by atoms with E-state index in [-0.39, 0.29) is 0 Å². The molecule has 1 heteroatoms. The third-order valence-electron chi connectivity index (χ3n) is 4.85. The summed E-state index contributed by atoms with van der Waals surface area (Å²) in [5.74, 6) is 0. The van der Waals surface area contributed by atoms with Crippen LogP contribution < -0.4 is 4.90 Å². The Morgan fingerprint density at radius 1 is 0.615 bits per heavy atom. The van der Waals surface area contributed by atoms with Gasteiger partial charge in [-0.05, 0) is 67.8 Å². The van der Waals surface area contributed by atoms with Crippen molar-refractivity contribution >= 4 is 22.6 Å². The van der Waals surface area contributed by atoms with Crippen LogP contribution in [0.15, 0.2) is 91.0 Å². The molecule has 0 saturated carbocycles. The molecular weight excluding hydrogens is 314 g/mol. The third-order valence-corrected chi connectivity index (χ3v) is 4.85. The molecule has 0 aromatic heterocycles. The number of hydrogen-bond acceptors (Lipinski definition) is 1. The lowest BCUT2D eigenvalue weighted by molar-refractivity contribution is 1.26. The number of hydrogen-bond donors (Lipinski definition) is 0. The Kier molecular flexibility index (Phi) is 4.45. The largest absolute Gasteiger partial charge is 0.311 e. The van der Waals surface area contributed by atoms with Crippen LogP contribution in [0.4, 0.5) is 17.1 Å². The van der Waals surface area contributed by atoms with E-state index < -0.39 is 0 Å². The van der Waals surface area contributed by atoms with Gasteiger partial charge in [-0.25, -0.2) is 0 Å². The molecule has 0 saturated heterocycles. The first-order valence-electron chi connectivity index (χ1n) is 9.10. The minimum absolute atomic E-state index is 1.03. The Balaban J connectivity index is 1.74. The molecule has 3 aromatic carbocycles. The summed E-state index contributed by atoms with van der Waals surface area (Å²) in [6.07, 6.45) is 7.56. The number of rotatable bonds is 4. The summed E-state index contributed by atoms with van der Waals surface area (Å²) in [5, 5.41) is 0. The van der Waals surface area contributed by atoms with Gasteiger partial charge < -0.3 is 4.90 Å². The van der Waals surface area contributed by atoms with Gasteiger partial charge in [0.25, 0.3) is 0 Å². The topological polar surface area (TPSA) is 3.24 Å². The lowest BCUT2D eigenvalue weighted by atomic mass is 10.0. The fourth-order valence-corrected chi connectivity index (χ4v) is 3.32. The van der Waals surface area contributed by atoms with Crippen molar-refractivity contribution in [1.82, 2.24) is 0 Å². The maximum Gasteiger partial charge on any atom is 0.0462 e. The summed E-state index contributed by atoms with van der Waals surface area (Å²) < 4.78 is 0. The van der Waals surface area contributed by atoms with Crippen LogP contribution in [0, 0.1) is 13.8 Å². The lowest BCUT2D eigenvalue weighted by Gasteiger charge is -2.26. The second-order valence-electron chi connectivity index (χ2n) is 6.88. The summed E-state index contributed by atoms with van der Waals surface area (Å²) in [4.78, 5) is 2.31. The molecule has 26 heavy (non-hydrogen) atoms. The van der Waals surface area contributed by atoms with Crippen molar-refractivity contribution in [3.05, 3.63) is 108 Å². The molecule has 0 aliphatic heterocycles. The molecule has 0 unspecified atom stereocenters. The summed E-state index contributed by atoms with van der Waals surface area (Å²) >= 11 is 0. The zero-order chi connectivity index (χ0) is 17.9. The normalized spacial score (nSPS) is 12.9. The van der Waals surface area contributed by atoms with Crippen molar-refractivity contribution in [3.8, 4) is 0 Å². The van der Waals surface area contributed by atoms with Gasteiger partial charge in [0.05, 0.1) is 0 Å². The molecule has 0 radical (unpaired) electrons. The van der Waals surface area contributed by atoms with Crippen molar-refractivity contribution in [3.63, 3.8) is 0 Å². The van der Waals surface area contributed by atoms with Crippen molar-refractivity contribution in [1.29, 1.82) is 0 Å². The fourth-order valence-electron chi connectivity index (χ4n) is 3.32. The predicted molar refractivity (Wildman–Crippen MR) is 112 cm³/mol. The second-order valence-corrected chi connectivity index (χ2v) is 6.88. The summed E-state index contributed by atoms with van der Waals surface area (Å²) in [7, 11) is 0. The van der Waals surface area contributed by atoms with Crippen LogP contribution in [-0.2, 0) is 0 Å². The van der Waals surface area contributed by atoms with Gasteiger partial charge in [-0.1, -0.05) is 65.8 Å². The van der Waals surface area contributed by atoms with Crippen molar-refractivity contribution in [2.45, 2.75) is 20.3 Å². The Bertz CT molecular complexity index is 897. The van der Waals surface area contributed by atoms with Crippen LogP contribution in [0.2, 0.25) is 0 Å². The average molecular weight is 337 g/mol. The van der Waals surface area contributed by atoms with E-state index in [1.54, 1.807) is 0 Å². The number of nitrogens with zero attached hydrogens (tertiary/aromatic N) is 1. The van der Waals surface area contributed by atoms with Gasteiger partial charge in [-0.15, -0.1) is 0 Å². The van der Waals surface area contributed by atoms with Crippen LogP contribution >= 0.6 is 0 Å². The minimum Gasteiger partial charge on any atom is -0.311 e. The van der Waals surface area contributed by atoms with E-state index >= 15 is 0 Å². The van der Waals surface area contributed by atoms with E-state index in [1.165, 1.54) is 39.3 Å². The molecule has 0 bridgehead atoms. The molecule has 0 amide bonds. The molecular formula is C25H23N. The highest BCUT2D eigenvalue weighted by Crippen LogP contribution is 2.35. The second kappa shape index (κ2) is 7.05. The maximum atomic E-state index is 2.31. The monoisotopic (exact) mass is 337 g/mol. The third kappa shape index (κ3) is 3.34. The first-order valence-corrected chi connectivity index (χ1v) is 9.10. The van der Waals surface area contributed by atoms with Crippen LogP contribution in [0.5, 0.6) is 0 Å². The van der Waals surface area contributed by atoms with Gasteiger partial charge in [-0.2, -0.15) is 0 Å². The van der Waals surface area contributed by atoms with Crippen molar-refractivity contribution in [2.75, 3.05) is 4.90 Å².